The van der Waals surface area contributed by atoms with Gasteiger partial charge >= 0.3 is 6.09 Å². The summed E-state index contributed by atoms with van der Waals surface area (Å²) >= 11 is 0. The van der Waals surface area contributed by atoms with Crippen LogP contribution in [-0.2, 0) is 11.3 Å². The number of para-hydroxylation sites is 2. The van der Waals surface area contributed by atoms with Crippen LogP contribution in [0.15, 0.2) is 53.5 Å². The summed E-state index contributed by atoms with van der Waals surface area (Å²) in [6.07, 6.45) is 0.538. The van der Waals surface area contributed by atoms with Gasteiger partial charge in [-0.25, -0.2) is 4.79 Å². The Morgan fingerprint density at radius 1 is 1.17 bits per heavy atom. The maximum absolute atomic E-state index is 11.3. The molecule has 1 heterocycles. The van der Waals surface area contributed by atoms with Crippen LogP contribution in [0.5, 0.6) is 5.75 Å². The zero-order valence-electron chi connectivity index (χ0n) is 17.6. The number of nitrogens with one attached hydrogen (secondary N) is 3. The Morgan fingerprint density at radius 3 is 2.63 bits per heavy atom. The van der Waals surface area contributed by atoms with Crippen molar-refractivity contribution in [2.75, 3.05) is 44.6 Å². The van der Waals surface area contributed by atoms with E-state index in [0.29, 0.717) is 18.3 Å². The molecule has 160 valence electrons. The van der Waals surface area contributed by atoms with E-state index in [1.54, 1.807) is 14.2 Å². The van der Waals surface area contributed by atoms with Gasteiger partial charge in [0.15, 0.2) is 5.96 Å². The molecule has 1 aliphatic heterocycles. The van der Waals surface area contributed by atoms with Gasteiger partial charge in [0, 0.05) is 38.4 Å². The quantitative estimate of drug-likeness (QED) is 0.501. The van der Waals surface area contributed by atoms with Crippen LogP contribution in [0.25, 0.3) is 0 Å². The van der Waals surface area contributed by atoms with Crippen molar-refractivity contribution in [2.24, 2.45) is 4.99 Å². The molecule has 8 nitrogen and oxygen atoms in total. The highest BCUT2D eigenvalue weighted by molar-refractivity contribution is 5.84. The third-order valence-electron chi connectivity index (χ3n) is 5.02. The SMILES string of the molecule is CN=C(NCc1ccc(NC(=O)OC)cc1)NC1CCN(c2ccccc2OC)C1. The fourth-order valence-electron chi connectivity index (χ4n) is 3.44. The number of nitrogens with zero attached hydrogens (tertiary/aromatic N) is 2. The predicted octanol–water partition coefficient (Wildman–Crippen LogP) is 2.82. The second-order valence-electron chi connectivity index (χ2n) is 6.99. The number of aliphatic imine (C=N–C) groups is 1. The molecule has 30 heavy (non-hydrogen) atoms. The van der Waals surface area contributed by atoms with Gasteiger partial charge < -0.3 is 25.0 Å². The fourth-order valence-corrected chi connectivity index (χ4v) is 3.44. The molecule has 1 atom stereocenters. The van der Waals surface area contributed by atoms with Crippen LogP contribution in [0.1, 0.15) is 12.0 Å². The molecule has 3 N–H and O–H groups in total. The third kappa shape index (κ3) is 5.56. The van der Waals surface area contributed by atoms with E-state index in [0.717, 1.165) is 42.5 Å². The Morgan fingerprint density at radius 2 is 1.93 bits per heavy atom. The standard InChI is InChI=1S/C22H29N5O3/c1-23-21(24-14-16-8-10-17(11-9-16)26-22(28)30-3)25-18-12-13-27(15-18)19-6-4-5-7-20(19)29-2/h4-11,18H,12-15H2,1-3H3,(H,26,28)(H2,23,24,25). The van der Waals surface area contributed by atoms with Crippen molar-refractivity contribution < 1.29 is 14.3 Å². The highest BCUT2D eigenvalue weighted by atomic mass is 16.5. The summed E-state index contributed by atoms with van der Waals surface area (Å²) < 4.78 is 10.1. The van der Waals surface area contributed by atoms with Gasteiger partial charge in [0.05, 0.1) is 19.9 Å². The first kappa shape index (κ1) is 21.3. The number of hydrogen-bond donors (Lipinski definition) is 3. The van der Waals surface area contributed by atoms with Gasteiger partial charge in [-0.3, -0.25) is 10.3 Å². The van der Waals surface area contributed by atoms with Crippen molar-refractivity contribution in [3.05, 3.63) is 54.1 Å². The van der Waals surface area contributed by atoms with Crippen molar-refractivity contribution in [3.63, 3.8) is 0 Å². The van der Waals surface area contributed by atoms with Gasteiger partial charge in [0.25, 0.3) is 0 Å². The first-order valence-electron chi connectivity index (χ1n) is 9.92. The lowest BCUT2D eigenvalue weighted by molar-refractivity contribution is 0.187. The van der Waals surface area contributed by atoms with Gasteiger partial charge in [-0.15, -0.1) is 0 Å². The van der Waals surface area contributed by atoms with E-state index < -0.39 is 6.09 Å². The number of amides is 1. The summed E-state index contributed by atoms with van der Waals surface area (Å²) in [6, 6.07) is 16.0. The molecule has 1 saturated heterocycles. The molecule has 1 unspecified atom stereocenters. The van der Waals surface area contributed by atoms with Crippen LogP contribution in [0.4, 0.5) is 16.2 Å². The molecule has 2 aromatic carbocycles. The van der Waals surface area contributed by atoms with E-state index >= 15 is 0 Å². The zero-order valence-corrected chi connectivity index (χ0v) is 17.6. The minimum absolute atomic E-state index is 0.299. The minimum atomic E-state index is -0.482. The Hall–Kier alpha value is -3.42. The van der Waals surface area contributed by atoms with Crippen molar-refractivity contribution in [3.8, 4) is 5.75 Å². The average Bonchev–Trinajstić information content (AvgIpc) is 3.25. The molecule has 0 radical (unpaired) electrons. The molecule has 1 fully saturated rings. The summed E-state index contributed by atoms with van der Waals surface area (Å²) in [5, 5.41) is 9.48. The van der Waals surface area contributed by atoms with Crippen LogP contribution in [-0.4, -0.2) is 52.5 Å². The van der Waals surface area contributed by atoms with Crippen LogP contribution < -0.4 is 25.6 Å². The number of carbonyl (C=O) groups excluding carboxylic acids is 1. The highest BCUT2D eigenvalue weighted by Crippen LogP contribution is 2.30. The average molecular weight is 412 g/mol. The van der Waals surface area contributed by atoms with Gasteiger partial charge in [0.2, 0.25) is 0 Å². The lowest BCUT2D eigenvalue weighted by Crippen LogP contribution is -2.44. The molecule has 0 bridgehead atoms. The normalized spacial score (nSPS) is 16.2. The summed E-state index contributed by atoms with van der Waals surface area (Å²) in [5.74, 6) is 1.66. The smallest absolute Gasteiger partial charge is 0.411 e. The van der Waals surface area contributed by atoms with Crippen molar-refractivity contribution >= 4 is 23.4 Å². The van der Waals surface area contributed by atoms with E-state index in [1.807, 2.05) is 42.5 Å². The molecule has 0 spiro atoms. The Labute approximate surface area is 177 Å². The monoisotopic (exact) mass is 411 g/mol. The van der Waals surface area contributed by atoms with Gasteiger partial charge in [0.1, 0.15) is 5.75 Å². The molecule has 8 heteroatoms. The van der Waals surface area contributed by atoms with Crippen LogP contribution in [0.2, 0.25) is 0 Å². The Kier molecular flexibility index (Phi) is 7.37. The Bertz CT molecular complexity index is 869. The fraction of sp³-hybridized carbons (Fsp3) is 0.364. The van der Waals surface area contributed by atoms with Crippen molar-refractivity contribution in [1.29, 1.82) is 0 Å². The number of hydrogen-bond acceptors (Lipinski definition) is 5. The molecule has 0 aromatic heterocycles. The maximum Gasteiger partial charge on any atom is 0.411 e. The minimum Gasteiger partial charge on any atom is -0.495 e. The second kappa shape index (κ2) is 10.4. The predicted molar refractivity (Wildman–Crippen MR) is 119 cm³/mol. The number of benzene rings is 2. The second-order valence-corrected chi connectivity index (χ2v) is 6.99. The van der Waals surface area contributed by atoms with E-state index in [2.05, 4.69) is 36.6 Å². The third-order valence-corrected chi connectivity index (χ3v) is 5.02. The van der Waals surface area contributed by atoms with E-state index in [4.69, 9.17) is 4.74 Å². The number of rotatable bonds is 6. The summed E-state index contributed by atoms with van der Waals surface area (Å²) in [6.45, 7) is 2.47. The lowest BCUT2D eigenvalue weighted by Gasteiger charge is -2.22. The molecular weight excluding hydrogens is 382 g/mol. The van der Waals surface area contributed by atoms with E-state index in [9.17, 15) is 4.79 Å². The van der Waals surface area contributed by atoms with Crippen LogP contribution in [0.3, 0.4) is 0 Å². The van der Waals surface area contributed by atoms with E-state index in [-0.39, 0.29) is 0 Å². The van der Waals surface area contributed by atoms with Crippen molar-refractivity contribution in [2.45, 2.75) is 19.0 Å². The van der Waals surface area contributed by atoms with E-state index in [1.165, 1.54) is 7.11 Å². The zero-order chi connectivity index (χ0) is 21.3. The molecule has 3 rings (SSSR count). The summed E-state index contributed by atoms with van der Waals surface area (Å²) in [4.78, 5) is 17.9. The molecule has 0 saturated carbocycles. The number of ether oxygens (including phenoxy) is 2. The van der Waals surface area contributed by atoms with Crippen LogP contribution >= 0.6 is 0 Å². The maximum atomic E-state index is 11.3. The molecule has 1 amide bonds. The Balaban J connectivity index is 1.50. The van der Waals surface area contributed by atoms with Gasteiger partial charge in [-0.2, -0.15) is 0 Å². The number of guanidine groups is 1. The molecule has 1 aliphatic rings. The molecule has 2 aromatic rings. The van der Waals surface area contributed by atoms with Crippen molar-refractivity contribution in [1.82, 2.24) is 10.6 Å². The summed E-state index contributed by atoms with van der Waals surface area (Å²) in [7, 11) is 4.81. The largest absolute Gasteiger partial charge is 0.495 e. The topological polar surface area (TPSA) is 87.2 Å². The molecule has 0 aliphatic carbocycles. The van der Waals surface area contributed by atoms with Gasteiger partial charge in [-0.1, -0.05) is 24.3 Å². The number of carbonyl (C=O) groups is 1. The van der Waals surface area contributed by atoms with Crippen LogP contribution in [0, 0.1) is 0 Å². The summed E-state index contributed by atoms with van der Waals surface area (Å²) in [5.41, 5.74) is 2.89. The van der Waals surface area contributed by atoms with Gasteiger partial charge in [-0.05, 0) is 36.2 Å². The first-order chi connectivity index (χ1) is 14.6. The molecular formula is C22H29N5O3. The number of methoxy groups -OCH3 is 2. The number of anilines is 2. The lowest BCUT2D eigenvalue weighted by atomic mass is 10.2. The highest BCUT2D eigenvalue weighted by Gasteiger charge is 2.25. The first-order valence-corrected chi connectivity index (χ1v) is 9.92.